The van der Waals surface area contributed by atoms with E-state index in [2.05, 4.69) is 39.6 Å². The fourth-order valence-corrected chi connectivity index (χ4v) is 5.90. The first-order chi connectivity index (χ1) is 20.5. The molecule has 3 aromatic heterocycles. The number of amides is 1. The smallest absolute Gasteiger partial charge is 0.226 e. The van der Waals surface area contributed by atoms with E-state index in [1.54, 1.807) is 24.3 Å². The lowest BCUT2D eigenvalue weighted by atomic mass is 9.92. The summed E-state index contributed by atoms with van der Waals surface area (Å²) >= 11 is 0. The van der Waals surface area contributed by atoms with Gasteiger partial charge >= 0.3 is 0 Å². The minimum atomic E-state index is -0.0415. The van der Waals surface area contributed by atoms with Gasteiger partial charge in [0.2, 0.25) is 5.91 Å². The SMILES string of the molecule is COCCN1C[C@@H](NC(=O)Cc2c(C)c(-c3cnn(C)c3)nn2-c2ccccc2)[C@H](c2cccc(-c3ccoc3)c2)C1. The molecule has 0 spiro atoms. The van der Waals surface area contributed by atoms with Crippen LogP contribution in [0.5, 0.6) is 0 Å². The summed E-state index contributed by atoms with van der Waals surface area (Å²) in [5.74, 6) is 0.117. The predicted molar refractivity (Wildman–Crippen MR) is 161 cm³/mol. The third-order valence-electron chi connectivity index (χ3n) is 8.07. The number of nitrogens with zero attached hydrogens (tertiary/aromatic N) is 5. The van der Waals surface area contributed by atoms with Gasteiger partial charge in [-0.2, -0.15) is 10.2 Å². The number of aromatic nitrogens is 4. The van der Waals surface area contributed by atoms with Gasteiger partial charge in [-0.1, -0.05) is 42.5 Å². The van der Waals surface area contributed by atoms with Crippen LogP contribution < -0.4 is 5.32 Å². The average Bonchev–Trinajstić information content (AvgIpc) is 3.81. The van der Waals surface area contributed by atoms with Gasteiger partial charge in [-0.3, -0.25) is 14.4 Å². The Hall–Kier alpha value is -4.47. The maximum Gasteiger partial charge on any atom is 0.226 e. The van der Waals surface area contributed by atoms with Crippen LogP contribution in [0.15, 0.2) is 90.0 Å². The van der Waals surface area contributed by atoms with Gasteiger partial charge in [-0.15, -0.1) is 0 Å². The van der Waals surface area contributed by atoms with Crippen molar-refractivity contribution in [3.8, 4) is 28.1 Å². The number of ether oxygens (including phenoxy) is 1. The van der Waals surface area contributed by atoms with Crippen molar-refractivity contribution in [3.05, 3.63) is 102 Å². The molecule has 0 saturated carbocycles. The topological polar surface area (TPSA) is 90.4 Å². The summed E-state index contributed by atoms with van der Waals surface area (Å²) in [5.41, 5.74) is 7.85. The van der Waals surface area contributed by atoms with Crippen LogP contribution in [0.25, 0.3) is 28.1 Å². The molecular formula is C33H36N6O3. The molecule has 1 aliphatic heterocycles. The van der Waals surface area contributed by atoms with E-state index in [4.69, 9.17) is 14.3 Å². The number of likely N-dealkylation sites (tertiary alicyclic amines) is 1. The average molecular weight is 565 g/mol. The second-order valence-corrected chi connectivity index (χ2v) is 10.9. The molecule has 2 atom stereocenters. The number of benzene rings is 2. The first kappa shape index (κ1) is 27.7. The van der Waals surface area contributed by atoms with Crippen molar-refractivity contribution >= 4 is 5.91 Å². The first-order valence-corrected chi connectivity index (χ1v) is 14.3. The van der Waals surface area contributed by atoms with E-state index in [1.165, 1.54) is 5.56 Å². The quantitative estimate of drug-likeness (QED) is 0.266. The standard InChI is InChI=1S/C33H36N6O3/c1-23-31(39(28-10-5-4-6-11-28)36-33(23)27-18-34-37(2)19-27)17-32(40)35-30-21-38(13-15-41-3)20-29(30)25-9-7-8-24(16-25)26-12-14-42-22-26/h4-12,14,16,18-19,22,29-30H,13,15,17,20-21H2,1-3H3,(H,35,40)/t29-,30+/m0/s1. The van der Waals surface area contributed by atoms with Crippen LogP contribution >= 0.6 is 0 Å². The van der Waals surface area contributed by atoms with E-state index in [1.807, 2.05) is 67.4 Å². The van der Waals surface area contributed by atoms with Crippen molar-refractivity contribution < 1.29 is 13.9 Å². The Kier molecular flexibility index (Phi) is 8.03. The van der Waals surface area contributed by atoms with Crippen LogP contribution in [0.4, 0.5) is 0 Å². The zero-order valence-corrected chi connectivity index (χ0v) is 24.2. The predicted octanol–water partition coefficient (Wildman–Crippen LogP) is 4.61. The van der Waals surface area contributed by atoms with Crippen molar-refractivity contribution in [1.29, 1.82) is 0 Å². The van der Waals surface area contributed by atoms with Crippen molar-refractivity contribution in [2.24, 2.45) is 7.05 Å². The number of rotatable bonds is 10. The number of hydrogen-bond donors (Lipinski definition) is 1. The van der Waals surface area contributed by atoms with Gasteiger partial charge in [-0.05, 0) is 41.8 Å². The van der Waals surface area contributed by atoms with E-state index >= 15 is 0 Å². The number of hydrogen-bond acceptors (Lipinski definition) is 6. The Morgan fingerprint density at radius 1 is 1.07 bits per heavy atom. The van der Waals surface area contributed by atoms with Crippen LogP contribution in [0.1, 0.15) is 22.7 Å². The summed E-state index contributed by atoms with van der Waals surface area (Å²) in [6.07, 6.45) is 7.42. The molecule has 6 rings (SSSR count). The monoisotopic (exact) mass is 564 g/mol. The zero-order chi connectivity index (χ0) is 29.1. The lowest BCUT2D eigenvalue weighted by Crippen LogP contribution is -2.41. The van der Waals surface area contributed by atoms with Crippen molar-refractivity contribution in [2.75, 3.05) is 33.4 Å². The molecule has 9 heteroatoms. The minimum Gasteiger partial charge on any atom is -0.472 e. The molecule has 0 unspecified atom stereocenters. The molecule has 1 amide bonds. The molecule has 1 fully saturated rings. The Bertz CT molecular complexity index is 1640. The van der Waals surface area contributed by atoms with Crippen LogP contribution in [-0.2, 0) is 23.0 Å². The summed E-state index contributed by atoms with van der Waals surface area (Å²) in [6.45, 7) is 5.09. The van der Waals surface area contributed by atoms with E-state index in [0.29, 0.717) is 6.61 Å². The van der Waals surface area contributed by atoms with Crippen LogP contribution in [-0.4, -0.2) is 69.8 Å². The van der Waals surface area contributed by atoms with Gasteiger partial charge in [0.25, 0.3) is 0 Å². The molecule has 4 heterocycles. The van der Waals surface area contributed by atoms with Gasteiger partial charge < -0.3 is 14.5 Å². The highest BCUT2D eigenvalue weighted by Gasteiger charge is 2.35. The Morgan fingerprint density at radius 2 is 1.93 bits per heavy atom. The number of methoxy groups -OCH3 is 1. The number of furan rings is 1. The molecule has 0 bridgehead atoms. The summed E-state index contributed by atoms with van der Waals surface area (Å²) < 4.78 is 14.3. The molecule has 2 aromatic carbocycles. The van der Waals surface area contributed by atoms with Crippen LogP contribution in [0.3, 0.4) is 0 Å². The largest absolute Gasteiger partial charge is 0.472 e. The van der Waals surface area contributed by atoms with Gasteiger partial charge in [0.15, 0.2) is 0 Å². The molecule has 9 nitrogen and oxygen atoms in total. The number of carbonyl (C=O) groups excluding carboxylic acids is 1. The van der Waals surface area contributed by atoms with Crippen molar-refractivity contribution in [1.82, 2.24) is 29.8 Å². The number of carbonyl (C=O) groups is 1. The molecule has 1 aliphatic rings. The normalized spacial score (nSPS) is 17.1. The summed E-state index contributed by atoms with van der Waals surface area (Å²) in [5, 5.41) is 12.7. The lowest BCUT2D eigenvalue weighted by Gasteiger charge is -2.21. The lowest BCUT2D eigenvalue weighted by molar-refractivity contribution is -0.121. The molecular weight excluding hydrogens is 528 g/mol. The minimum absolute atomic E-state index is 0.0255. The molecule has 1 N–H and O–H groups in total. The Morgan fingerprint density at radius 3 is 2.67 bits per heavy atom. The molecule has 0 aliphatic carbocycles. The van der Waals surface area contributed by atoms with Gasteiger partial charge in [0, 0.05) is 63.1 Å². The van der Waals surface area contributed by atoms with E-state index in [9.17, 15) is 4.79 Å². The molecule has 0 radical (unpaired) electrons. The Labute approximate surface area is 245 Å². The van der Waals surface area contributed by atoms with Crippen molar-refractivity contribution in [2.45, 2.75) is 25.3 Å². The molecule has 216 valence electrons. The summed E-state index contributed by atoms with van der Waals surface area (Å²) in [4.78, 5) is 16.1. The van der Waals surface area contributed by atoms with Crippen LogP contribution in [0, 0.1) is 6.92 Å². The maximum atomic E-state index is 13.8. The first-order valence-electron chi connectivity index (χ1n) is 14.3. The van der Waals surface area contributed by atoms with Crippen LogP contribution in [0.2, 0.25) is 0 Å². The van der Waals surface area contributed by atoms with E-state index in [0.717, 1.165) is 59.0 Å². The number of para-hydroxylation sites is 1. The maximum absolute atomic E-state index is 13.8. The third-order valence-corrected chi connectivity index (χ3v) is 8.07. The molecule has 42 heavy (non-hydrogen) atoms. The van der Waals surface area contributed by atoms with Gasteiger partial charge in [0.05, 0.1) is 48.8 Å². The highest BCUT2D eigenvalue weighted by molar-refractivity contribution is 5.80. The zero-order valence-electron chi connectivity index (χ0n) is 24.2. The Balaban J connectivity index is 1.27. The molecule has 5 aromatic rings. The number of nitrogens with one attached hydrogen (secondary N) is 1. The van der Waals surface area contributed by atoms with Gasteiger partial charge in [0.1, 0.15) is 0 Å². The molecule has 1 saturated heterocycles. The summed E-state index contributed by atoms with van der Waals surface area (Å²) in [6, 6.07) is 20.4. The fraction of sp³-hybridized carbons (Fsp3) is 0.303. The van der Waals surface area contributed by atoms with Gasteiger partial charge in [-0.25, -0.2) is 4.68 Å². The second-order valence-electron chi connectivity index (χ2n) is 10.9. The van der Waals surface area contributed by atoms with E-state index < -0.39 is 0 Å². The highest BCUT2D eigenvalue weighted by atomic mass is 16.5. The fourth-order valence-electron chi connectivity index (χ4n) is 5.90. The van der Waals surface area contributed by atoms with E-state index in [-0.39, 0.29) is 24.3 Å². The summed E-state index contributed by atoms with van der Waals surface area (Å²) in [7, 11) is 3.61. The number of aryl methyl sites for hydroxylation is 1. The third kappa shape index (κ3) is 5.79. The second kappa shape index (κ2) is 12.2. The highest BCUT2D eigenvalue weighted by Crippen LogP contribution is 2.32. The van der Waals surface area contributed by atoms with Crippen molar-refractivity contribution in [3.63, 3.8) is 0 Å².